The lowest BCUT2D eigenvalue weighted by Gasteiger charge is -2.15. The molecule has 0 fully saturated rings. The van der Waals surface area contributed by atoms with Gasteiger partial charge in [0.1, 0.15) is 11.3 Å². The Morgan fingerprint density at radius 1 is 0.913 bits per heavy atom. The molecule has 0 amide bonds. The van der Waals surface area contributed by atoms with Crippen molar-refractivity contribution in [2.24, 2.45) is 0 Å². The van der Waals surface area contributed by atoms with Crippen molar-refractivity contribution in [1.82, 2.24) is 4.98 Å². The Balaban J connectivity index is 2.38. The van der Waals surface area contributed by atoms with Gasteiger partial charge in [0.25, 0.3) is 0 Å². The van der Waals surface area contributed by atoms with Crippen LogP contribution in [0, 0.1) is 0 Å². The number of pyridine rings is 1. The maximum Gasteiger partial charge on any atom is 0.187 e. The van der Waals surface area contributed by atoms with Crippen LogP contribution < -0.4 is 19.9 Å². The van der Waals surface area contributed by atoms with Gasteiger partial charge in [-0.25, -0.2) is 0 Å². The molecule has 0 aliphatic heterocycles. The van der Waals surface area contributed by atoms with E-state index in [9.17, 15) is 0 Å². The first-order valence-corrected chi connectivity index (χ1v) is 7.13. The minimum Gasteiger partial charge on any atom is -0.497 e. The van der Waals surface area contributed by atoms with Crippen LogP contribution >= 0.6 is 0 Å². The maximum atomic E-state index is 6.18. The van der Waals surface area contributed by atoms with E-state index in [2.05, 4.69) is 4.98 Å². The van der Waals surface area contributed by atoms with Gasteiger partial charge in [-0.15, -0.1) is 0 Å². The van der Waals surface area contributed by atoms with E-state index in [4.69, 9.17) is 19.9 Å². The number of nitrogen functional groups attached to an aromatic ring is 1. The molecule has 2 aromatic carbocycles. The van der Waals surface area contributed by atoms with E-state index in [1.807, 2.05) is 36.4 Å². The summed E-state index contributed by atoms with van der Waals surface area (Å²) in [5.41, 5.74) is 9.35. The monoisotopic (exact) mass is 310 g/mol. The SMILES string of the molecule is COc1ccc(N)c(-c2cc(OC)c(OC)c3ncccc23)c1. The topological polar surface area (TPSA) is 66.6 Å². The number of hydrogen-bond donors (Lipinski definition) is 1. The third kappa shape index (κ3) is 2.50. The summed E-state index contributed by atoms with van der Waals surface area (Å²) in [7, 11) is 4.83. The molecule has 2 N–H and O–H groups in total. The van der Waals surface area contributed by atoms with Gasteiger partial charge >= 0.3 is 0 Å². The molecule has 118 valence electrons. The Morgan fingerprint density at radius 2 is 1.74 bits per heavy atom. The number of rotatable bonds is 4. The highest BCUT2D eigenvalue weighted by molar-refractivity contribution is 6.02. The molecule has 23 heavy (non-hydrogen) atoms. The highest BCUT2D eigenvalue weighted by Crippen LogP contribution is 2.42. The minimum atomic E-state index is 0.605. The number of nitrogens with two attached hydrogens (primary N) is 1. The van der Waals surface area contributed by atoms with E-state index in [0.717, 1.165) is 27.8 Å². The van der Waals surface area contributed by atoms with Crippen LogP contribution in [-0.2, 0) is 0 Å². The highest BCUT2D eigenvalue weighted by Gasteiger charge is 2.17. The second-order valence-corrected chi connectivity index (χ2v) is 5.01. The molecule has 0 spiro atoms. The molecular formula is C18H18N2O3. The molecule has 5 heteroatoms. The van der Waals surface area contributed by atoms with Crippen molar-refractivity contribution in [3.63, 3.8) is 0 Å². The van der Waals surface area contributed by atoms with E-state index >= 15 is 0 Å². The Morgan fingerprint density at radius 3 is 2.43 bits per heavy atom. The van der Waals surface area contributed by atoms with E-state index in [1.165, 1.54) is 0 Å². The van der Waals surface area contributed by atoms with Crippen LogP contribution in [0.1, 0.15) is 0 Å². The van der Waals surface area contributed by atoms with Gasteiger partial charge in [0.2, 0.25) is 0 Å². The van der Waals surface area contributed by atoms with Crippen molar-refractivity contribution in [2.45, 2.75) is 0 Å². The van der Waals surface area contributed by atoms with Crippen LogP contribution in [0.2, 0.25) is 0 Å². The number of aromatic nitrogens is 1. The molecule has 0 saturated heterocycles. The van der Waals surface area contributed by atoms with E-state index in [-0.39, 0.29) is 0 Å². The van der Waals surface area contributed by atoms with Gasteiger partial charge in [-0.2, -0.15) is 0 Å². The Bertz CT molecular complexity index is 862. The zero-order valence-electron chi connectivity index (χ0n) is 13.3. The largest absolute Gasteiger partial charge is 0.497 e. The van der Waals surface area contributed by atoms with Gasteiger partial charge in [0.05, 0.1) is 21.3 Å². The molecule has 1 aromatic heterocycles. The van der Waals surface area contributed by atoms with Crippen LogP contribution in [0.5, 0.6) is 17.2 Å². The van der Waals surface area contributed by atoms with Crippen molar-refractivity contribution in [3.05, 3.63) is 42.6 Å². The summed E-state index contributed by atoms with van der Waals surface area (Å²) in [5, 5.41) is 0.935. The summed E-state index contributed by atoms with van der Waals surface area (Å²) in [6, 6.07) is 11.3. The first-order valence-electron chi connectivity index (χ1n) is 7.13. The first kappa shape index (κ1) is 15.0. The van der Waals surface area contributed by atoms with Crippen LogP contribution in [0.15, 0.2) is 42.6 Å². The van der Waals surface area contributed by atoms with Crippen LogP contribution in [-0.4, -0.2) is 26.3 Å². The Labute approximate surface area is 134 Å². The fourth-order valence-corrected chi connectivity index (χ4v) is 2.66. The van der Waals surface area contributed by atoms with E-state index in [0.29, 0.717) is 17.2 Å². The molecule has 0 aliphatic carbocycles. The van der Waals surface area contributed by atoms with Crippen molar-refractivity contribution in [2.75, 3.05) is 27.1 Å². The molecule has 0 saturated carbocycles. The summed E-state index contributed by atoms with van der Waals surface area (Å²) >= 11 is 0. The van der Waals surface area contributed by atoms with Gasteiger partial charge < -0.3 is 19.9 Å². The molecular weight excluding hydrogens is 292 g/mol. The normalized spacial score (nSPS) is 10.6. The number of anilines is 1. The molecule has 1 heterocycles. The third-order valence-electron chi connectivity index (χ3n) is 3.79. The van der Waals surface area contributed by atoms with Crippen molar-refractivity contribution >= 4 is 16.6 Å². The molecule has 5 nitrogen and oxygen atoms in total. The summed E-state index contributed by atoms with van der Waals surface area (Å²) < 4.78 is 16.3. The van der Waals surface area contributed by atoms with Crippen LogP contribution in [0.3, 0.4) is 0 Å². The lowest BCUT2D eigenvalue weighted by Crippen LogP contribution is -1.97. The second kappa shape index (κ2) is 6.04. The summed E-state index contributed by atoms with van der Waals surface area (Å²) in [6.07, 6.45) is 1.73. The third-order valence-corrected chi connectivity index (χ3v) is 3.79. The van der Waals surface area contributed by atoms with Gasteiger partial charge in [0.15, 0.2) is 11.5 Å². The van der Waals surface area contributed by atoms with Crippen molar-refractivity contribution < 1.29 is 14.2 Å². The number of fused-ring (bicyclic) bond motifs is 1. The predicted molar refractivity (Wildman–Crippen MR) is 91.2 cm³/mol. The second-order valence-electron chi connectivity index (χ2n) is 5.01. The zero-order chi connectivity index (χ0) is 16.4. The molecule has 0 radical (unpaired) electrons. The van der Waals surface area contributed by atoms with Crippen molar-refractivity contribution in [1.29, 1.82) is 0 Å². The van der Waals surface area contributed by atoms with Gasteiger partial charge in [-0.3, -0.25) is 4.98 Å². The van der Waals surface area contributed by atoms with Crippen LogP contribution in [0.25, 0.3) is 22.0 Å². The number of ether oxygens (including phenoxy) is 3. The lowest BCUT2D eigenvalue weighted by atomic mass is 9.98. The molecule has 0 unspecified atom stereocenters. The molecule has 0 atom stereocenters. The van der Waals surface area contributed by atoms with Gasteiger partial charge in [0, 0.05) is 22.8 Å². The smallest absolute Gasteiger partial charge is 0.187 e. The molecule has 0 aliphatic rings. The molecule has 0 bridgehead atoms. The highest BCUT2D eigenvalue weighted by atomic mass is 16.5. The minimum absolute atomic E-state index is 0.605. The summed E-state index contributed by atoms with van der Waals surface area (Å²) in [4.78, 5) is 4.44. The van der Waals surface area contributed by atoms with Gasteiger partial charge in [-0.1, -0.05) is 6.07 Å². The van der Waals surface area contributed by atoms with Gasteiger partial charge in [-0.05, 0) is 35.9 Å². The molecule has 3 rings (SSSR count). The fourth-order valence-electron chi connectivity index (χ4n) is 2.66. The first-order chi connectivity index (χ1) is 11.2. The average molecular weight is 310 g/mol. The predicted octanol–water partition coefficient (Wildman–Crippen LogP) is 3.51. The maximum absolute atomic E-state index is 6.18. The number of benzene rings is 2. The molecule has 3 aromatic rings. The zero-order valence-corrected chi connectivity index (χ0v) is 13.3. The van der Waals surface area contributed by atoms with Crippen LogP contribution in [0.4, 0.5) is 5.69 Å². The standard InChI is InChI=1S/C18H18N2O3/c1-21-11-6-7-15(19)14(9-11)13-10-16(22-2)18(23-3)17-12(13)5-4-8-20-17/h4-10H,19H2,1-3H3. The lowest BCUT2D eigenvalue weighted by molar-refractivity contribution is 0.358. The fraction of sp³-hybridized carbons (Fsp3) is 0.167. The number of methoxy groups -OCH3 is 3. The number of hydrogen-bond acceptors (Lipinski definition) is 5. The quantitative estimate of drug-likeness (QED) is 0.747. The Hall–Kier alpha value is -2.95. The van der Waals surface area contributed by atoms with E-state index in [1.54, 1.807) is 27.5 Å². The Kier molecular flexibility index (Phi) is 3.93. The summed E-state index contributed by atoms with van der Waals surface area (Å²) in [5.74, 6) is 1.95. The number of nitrogens with zero attached hydrogens (tertiary/aromatic N) is 1. The summed E-state index contributed by atoms with van der Waals surface area (Å²) in [6.45, 7) is 0. The average Bonchev–Trinajstić information content (AvgIpc) is 2.60. The van der Waals surface area contributed by atoms with E-state index < -0.39 is 0 Å². The van der Waals surface area contributed by atoms with Crippen molar-refractivity contribution in [3.8, 4) is 28.4 Å².